The third-order valence-electron chi connectivity index (χ3n) is 4.14. The molecule has 0 aromatic carbocycles. The van der Waals surface area contributed by atoms with Gasteiger partial charge in [0, 0.05) is 26.6 Å². The number of carbonyl (C=O) groups excluding carboxylic acids is 1. The van der Waals surface area contributed by atoms with Gasteiger partial charge in [0.05, 0.1) is 6.10 Å². The fourth-order valence-corrected chi connectivity index (χ4v) is 2.61. The normalized spacial score (nSPS) is 28.2. The first-order valence-electron chi connectivity index (χ1n) is 6.83. The number of amides is 2. The minimum atomic E-state index is -0.968. The summed E-state index contributed by atoms with van der Waals surface area (Å²) in [5.74, 6) is 0.221. The van der Waals surface area contributed by atoms with Crippen LogP contribution in [0, 0.1) is 11.8 Å². The first kappa shape index (κ1) is 14.1. The Morgan fingerprint density at radius 1 is 1.47 bits per heavy atom. The molecule has 1 aliphatic carbocycles. The van der Waals surface area contributed by atoms with Crippen LogP contribution in [0.3, 0.4) is 0 Å². The number of carboxylic acids is 1. The van der Waals surface area contributed by atoms with Crippen molar-refractivity contribution in [3.8, 4) is 0 Å². The second kappa shape index (κ2) is 5.77. The maximum absolute atomic E-state index is 12.1. The first-order chi connectivity index (χ1) is 9.02. The molecule has 2 fully saturated rings. The van der Waals surface area contributed by atoms with Gasteiger partial charge in [-0.25, -0.2) is 9.59 Å². The highest BCUT2D eigenvalue weighted by molar-refractivity contribution is 5.83. The fraction of sp³-hybridized carbons (Fsp3) is 0.846. The van der Waals surface area contributed by atoms with Gasteiger partial charge in [0.15, 0.2) is 0 Å². The van der Waals surface area contributed by atoms with E-state index < -0.39 is 12.0 Å². The SMILES string of the molecule is COC1CC(C(=O)O)N(C(=O)NCC(C)C2CC2)C1. The summed E-state index contributed by atoms with van der Waals surface area (Å²) in [5, 5.41) is 12.0. The molecule has 0 aromatic rings. The van der Waals surface area contributed by atoms with Crippen molar-refractivity contribution >= 4 is 12.0 Å². The lowest BCUT2D eigenvalue weighted by molar-refractivity contribution is -0.141. The van der Waals surface area contributed by atoms with Gasteiger partial charge in [0.2, 0.25) is 0 Å². The second-order valence-corrected chi connectivity index (χ2v) is 5.60. The lowest BCUT2D eigenvalue weighted by Gasteiger charge is -2.22. The number of carboxylic acid groups (broad SMARTS) is 1. The molecule has 0 aromatic heterocycles. The number of hydrogen-bond donors (Lipinski definition) is 2. The van der Waals surface area contributed by atoms with Gasteiger partial charge in [0.25, 0.3) is 0 Å². The van der Waals surface area contributed by atoms with E-state index >= 15 is 0 Å². The van der Waals surface area contributed by atoms with Crippen molar-refractivity contribution in [2.45, 2.75) is 38.3 Å². The molecular formula is C13H22N2O4. The summed E-state index contributed by atoms with van der Waals surface area (Å²) in [6, 6.07) is -1.07. The molecule has 2 rings (SSSR count). The second-order valence-electron chi connectivity index (χ2n) is 5.60. The quantitative estimate of drug-likeness (QED) is 0.778. The van der Waals surface area contributed by atoms with Crippen molar-refractivity contribution in [2.24, 2.45) is 11.8 Å². The largest absolute Gasteiger partial charge is 0.480 e. The van der Waals surface area contributed by atoms with E-state index in [-0.39, 0.29) is 12.1 Å². The fourth-order valence-electron chi connectivity index (χ4n) is 2.61. The third-order valence-corrected chi connectivity index (χ3v) is 4.14. The van der Waals surface area contributed by atoms with E-state index in [1.54, 1.807) is 7.11 Å². The maximum atomic E-state index is 12.1. The molecule has 3 unspecified atom stereocenters. The monoisotopic (exact) mass is 270 g/mol. The van der Waals surface area contributed by atoms with Crippen LogP contribution in [-0.4, -0.2) is 54.4 Å². The molecule has 1 saturated heterocycles. The number of likely N-dealkylation sites (tertiary alicyclic amines) is 1. The van der Waals surface area contributed by atoms with Crippen LogP contribution >= 0.6 is 0 Å². The zero-order valence-corrected chi connectivity index (χ0v) is 11.5. The van der Waals surface area contributed by atoms with Gasteiger partial charge in [-0.2, -0.15) is 0 Å². The van der Waals surface area contributed by atoms with Crippen LogP contribution in [0.5, 0.6) is 0 Å². The number of carbonyl (C=O) groups is 2. The number of urea groups is 1. The Morgan fingerprint density at radius 2 is 2.16 bits per heavy atom. The van der Waals surface area contributed by atoms with Crippen LogP contribution in [-0.2, 0) is 9.53 Å². The van der Waals surface area contributed by atoms with Gasteiger partial charge in [-0.15, -0.1) is 0 Å². The van der Waals surface area contributed by atoms with Crippen LogP contribution in [0.15, 0.2) is 0 Å². The van der Waals surface area contributed by atoms with E-state index in [0.29, 0.717) is 25.4 Å². The standard InChI is InChI=1S/C13H22N2O4/c1-8(9-3-4-9)6-14-13(18)15-7-10(19-2)5-11(15)12(16)17/h8-11H,3-7H2,1-2H3,(H,14,18)(H,16,17). The Labute approximate surface area is 113 Å². The molecule has 2 aliphatic rings. The Kier molecular flexibility index (Phi) is 4.29. The molecule has 1 saturated carbocycles. The predicted octanol–water partition coefficient (Wildman–Crippen LogP) is 0.916. The molecular weight excluding hydrogens is 248 g/mol. The smallest absolute Gasteiger partial charge is 0.326 e. The number of aliphatic carboxylic acids is 1. The number of nitrogens with one attached hydrogen (secondary N) is 1. The van der Waals surface area contributed by atoms with Gasteiger partial charge < -0.3 is 20.1 Å². The first-order valence-corrected chi connectivity index (χ1v) is 6.83. The van der Waals surface area contributed by atoms with Crippen LogP contribution < -0.4 is 5.32 Å². The zero-order valence-electron chi connectivity index (χ0n) is 11.5. The van der Waals surface area contributed by atoms with Crippen molar-refractivity contribution in [3.63, 3.8) is 0 Å². The van der Waals surface area contributed by atoms with E-state index in [4.69, 9.17) is 9.84 Å². The molecule has 1 heterocycles. The van der Waals surface area contributed by atoms with Gasteiger partial charge >= 0.3 is 12.0 Å². The van der Waals surface area contributed by atoms with Crippen molar-refractivity contribution in [3.05, 3.63) is 0 Å². The summed E-state index contributed by atoms with van der Waals surface area (Å²) >= 11 is 0. The number of ether oxygens (including phenoxy) is 1. The average Bonchev–Trinajstić information content (AvgIpc) is 3.13. The van der Waals surface area contributed by atoms with Gasteiger partial charge in [-0.1, -0.05) is 6.92 Å². The molecule has 3 atom stereocenters. The molecule has 6 nitrogen and oxygen atoms in total. The molecule has 6 heteroatoms. The highest BCUT2D eigenvalue weighted by Crippen LogP contribution is 2.36. The molecule has 0 radical (unpaired) electrons. The van der Waals surface area contributed by atoms with E-state index in [0.717, 1.165) is 5.92 Å². The molecule has 108 valence electrons. The highest BCUT2D eigenvalue weighted by Gasteiger charge is 2.40. The number of methoxy groups -OCH3 is 1. The number of rotatable bonds is 5. The van der Waals surface area contributed by atoms with Crippen molar-refractivity contribution < 1.29 is 19.4 Å². The van der Waals surface area contributed by atoms with Crippen molar-refractivity contribution in [1.29, 1.82) is 0 Å². The molecule has 2 N–H and O–H groups in total. The predicted molar refractivity (Wildman–Crippen MR) is 68.8 cm³/mol. The van der Waals surface area contributed by atoms with E-state index in [1.165, 1.54) is 17.7 Å². The summed E-state index contributed by atoms with van der Waals surface area (Å²) in [6.45, 7) is 3.08. The summed E-state index contributed by atoms with van der Waals surface area (Å²) < 4.78 is 5.16. The summed E-state index contributed by atoms with van der Waals surface area (Å²) in [5.41, 5.74) is 0. The molecule has 0 bridgehead atoms. The Balaban J connectivity index is 1.86. The van der Waals surface area contributed by atoms with E-state index in [2.05, 4.69) is 12.2 Å². The van der Waals surface area contributed by atoms with Gasteiger partial charge in [-0.05, 0) is 24.7 Å². The highest BCUT2D eigenvalue weighted by atomic mass is 16.5. The van der Waals surface area contributed by atoms with Crippen LogP contribution in [0.25, 0.3) is 0 Å². The Hall–Kier alpha value is -1.30. The zero-order chi connectivity index (χ0) is 14.0. The summed E-state index contributed by atoms with van der Waals surface area (Å²) in [7, 11) is 1.54. The molecule has 1 aliphatic heterocycles. The van der Waals surface area contributed by atoms with Crippen LogP contribution in [0.2, 0.25) is 0 Å². The Bertz CT molecular complexity index is 357. The van der Waals surface area contributed by atoms with Crippen LogP contribution in [0.1, 0.15) is 26.2 Å². The average molecular weight is 270 g/mol. The lowest BCUT2D eigenvalue weighted by Crippen LogP contribution is -2.47. The minimum absolute atomic E-state index is 0.187. The van der Waals surface area contributed by atoms with Gasteiger partial charge in [-0.3, -0.25) is 0 Å². The summed E-state index contributed by atoms with van der Waals surface area (Å²) in [6.07, 6.45) is 2.65. The summed E-state index contributed by atoms with van der Waals surface area (Å²) in [4.78, 5) is 24.6. The van der Waals surface area contributed by atoms with Gasteiger partial charge in [0.1, 0.15) is 6.04 Å². The third kappa shape index (κ3) is 3.37. The minimum Gasteiger partial charge on any atom is -0.480 e. The topological polar surface area (TPSA) is 78.9 Å². The Morgan fingerprint density at radius 3 is 2.68 bits per heavy atom. The lowest BCUT2D eigenvalue weighted by atomic mass is 10.1. The maximum Gasteiger partial charge on any atom is 0.326 e. The van der Waals surface area contributed by atoms with Crippen LogP contribution in [0.4, 0.5) is 4.79 Å². The van der Waals surface area contributed by atoms with E-state index in [1.807, 2.05) is 0 Å². The van der Waals surface area contributed by atoms with Crippen molar-refractivity contribution in [2.75, 3.05) is 20.2 Å². The number of hydrogen-bond acceptors (Lipinski definition) is 3. The van der Waals surface area contributed by atoms with Crippen molar-refractivity contribution in [1.82, 2.24) is 10.2 Å². The molecule has 2 amide bonds. The number of nitrogens with zero attached hydrogens (tertiary/aromatic N) is 1. The van der Waals surface area contributed by atoms with E-state index in [9.17, 15) is 9.59 Å². The molecule has 19 heavy (non-hydrogen) atoms. The molecule has 0 spiro atoms.